The molecule has 0 aliphatic carbocycles. The molecule has 0 saturated carbocycles. The minimum absolute atomic E-state index is 0.308. The standard InChI is InChI=1S/C15H20N4O2S2/c1-23(20,21)16-10-12-6-5-9-19(11-12)15-18-17-14(22-15)13-7-3-2-4-8-13/h2-4,7-8,12,16H,5-6,9-11H2,1H3/t12-/m1/s1. The van der Waals surface area contributed by atoms with Gasteiger partial charge in [-0.05, 0) is 18.8 Å². The van der Waals surface area contributed by atoms with Gasteiger partial charge in [-0.3, -0.25) is 0 Å². The molecule has 1 aromatic heterocycles. The van der Waals surface area contributed by atoms with E-state index in [0.717, 1.165) is 41.6 Å². The van der Waals surface area contributed by atoms with Gasteiger partial charge in [0.15, 0.2) is 0 Å². The average molecular weight is 352 g/mol. The molecule has 1 aliphatic rings. The van der Waals surface area contributed by atoms with Gasteiger partial charge in [-0.15, -0.1) is 10.2 Å². The zero-order valence-corrected chi connectivity index (χ0v) is 14.6. The molecular weight excluding hydrogens is 332 g/mol. The highest BCUT2D eigenvalue weighted by Gasteiger charge is 2.23. The number of anilines is 1. The van der Waals surface area contributed by atoms with Crippen molar-refractivity contribution in [3.05, 3.63) is 30.3 Å². The van der Waals surface area contributed by atoms with Crippen molar-refractivity contribution in [2.24, 2.45) is 5.92 Å². The number of nitrogens with one attached hydrogen (secondary N) is 1. The molecule has 0 radical (unpaired) electrons. The van der Waals surface area contributed by atoms with Crippen molar-refractivity contribution in [3.63, 3.8) is 0 Å². The molecule has 3 rings (SSSR count). The second kappa shape index (κ2) is 6.94. The Morgan fingerprint density at radius 2 is 2.09 bits per heavy atom. The fourth-order valence-corrected chi connectivity index (χ4v) is 4.14. The van der Waals surface area contributed by atoms with Crippen molar-refractivity contribution < 1.29 is 8.42 Å². The Labute approximate surface area is 140 Å². The molecule has 8 heteroatoms. The summed E-state index contributed by atoms with van der Waals surface area (Å²) >= 11 is 1.58. The smallest absolute Gasteiger partial charge is 0.208 e. The minimum atomic E-state index is -3.13. The number of sulfonamides is 1. The van der Waals surface area contributed by atoms with Gasteiger partial charge in [0, 0.05) is 25.2 Å². The van der Waals surface area contributed by atoms with Crippen LogP contribution in [0.3, 0.4) is 0 Å². The lowest BCUT2D eigenvalue weighted by Gasteiger charge is -2.32. The van der Waals surface area contributed by atoms with Crippen molar-refractivity contribution >= 4 is 26.5 Å². The fourth-order valence-electron chi connectivity index (χ4n) is 2.72. The van der Waals surface area contributed by atoms with Crippen LogP contribution in [-0.2, 0) is 10.0 Å². The first-order valence-electron chi connectivity index (χ1n) is 7.60. The SMILES string of the molecule is CS(=O)(=O)NC[C@H]1CCCN(c2nnc(-c3ccccc3)s2)C1. The highest BCUT2D eigenvalue weighted by molar-refractivity contribution is 7.88. The highest BCUT2D eigenvalue weighted by Crippen LogP contribution is 2.30. The number of aromatic nitrogens is 2. The Balaban J connectivity index is 1.66. The topological polar surface area (TPSA) is 75.2 Å². The lowest BCUT2D eigenvalue weighted by Crippen LogP contribution is -2.40. The van der Waals surface area contributed by atoms with Crippen LogP contribution >= 0.6 is 11.3 Å². The van der Waals surface area contributed by atoms with Gasteiger partial charge in [-0.25, -0.2) is 13.1 Å². The van der Waals surface area contributed by atoms with Crippen LogP contribution in [0.1, 0.15) is 12.8 Å². The number of hydrogen-bond acceptors (Lipinski definition) is 6. The molecule has 124 valence electrons. The summed E-state index contributed by atoms with van der Waals surface area (Å²) < 4.78 is 25.1. The van der Waals surface area contributed by atoms with Gasteiger partial charge in [0.2, 0.25) is 15.2 Å². The second-order valence-corrected chi connectivity index (χ2v) is 8.62. The zero-order valence-electron chi connectivity index (χ0n) is 13.0. The van der Waals surface area contributed by atoms with E-state index in [0.29, 0.717) is 12.5 Å². The molecule has 2 heterocycles. The van der Waals surface area contributed by atoms with E-state index in [2.05, 4.69) is 19.8 Å². The van der Waals surface area contributed by atoms with Crippen LogP contribution in [0.4, 0.5) is 5.13 Å². The summed E-state index contributed by atoms with van der Waals surface area (Å²) in [5.41, 5.74) is 1.07. The van der Waals surface area contributed by atoms with E-state index in [1.165, 1.54) is 6.26 Å². The van der Waals surface area contributed by atoms with E-state index in [1.54, 1.807) is 11.3 Å². The van der Waals surface area contributed by atoms with Gasteiger partial charge >= 0.3 is 0 Å². The van der Waals surface area contributed by atoms with E-state index < -0.39 is 10.0 Å². The third-order valence-electron chi connectivity index (χ3n) is 3.86. The lowest BCUT2D eigenvalue weighted by atomic mass is 9.99. The van der Waals surface area contributed by atoms with Gasteiger partial charge in [-0.1, -0.05) is 41.7 Å². The average Bonchev–Trinajstić information content (AvgIpc) is 3.03. The summed E-state index contributed by atoms with van der Waals surface area (Å²) in [5, 5.41) is 10.4. The van der Waals surface area contributed by atoms with Gasteiger partial charge in [0.25, 0.3) is 0 Å². The van der Waals surface area contributed by atoms with Gasteiger partial charge in [0.05, 0.1) is 6.26 Å². The van der Waals surface area contributed by atoms with Gasteiger partial charge in [-0.2, -0.15) is 0 Å². The summed E-state index contributed by atoms with van der Waals surface area (Å²) in [6.07, 6.45) is 3.27. The first-order chi connectivity index (χ1) is 11.0. The van der Waals surface area contributed by atoms with Crippen molar-refractivity contribution in [2.75, 3.05) is 30.8 Å². The van der Waals surface area contributed by atoms with E-state index in [4.69, 9.17) is 0 Å². The normalized spacial score (nSPS) is 19.0. The molecule has 0 unspecified atom stereocenters. The summed E-state index contributed by atoms with van der Waals surface area (Å²) in [7, 11) is -3.13. The molecule has 1 atom stereocenters. The fraction of sp³-hybridized carbons (Fsp3) is 0.467. The highest BCUT2D eigenvalue weighted by atomic mass is 32.2. The third kappa shape index (κ3) is 4.49. The largest absolute Gasteiger partial charge is 0.346 e. The van der Waals surface area contributed by atoms with Crippen molar-refractivity contribution in [1.82, 2.24) is 14.9 Å². The van der Waals surface area contributed by atoms with Crippen LogP contribution in [0, 0.1) is 5.92 Å². The maximum absolute atomic E-state index is 11.2. The number of nitrogens with zero attached hydrogens (tertiary/aromatic N) is 3. The van der Waals surface area contributed by atoms with Crippen LogP contribution in [0.15, 0.2) is 30.3 Å². The summed E-state index contributed by atoms with van der Waals surface area (Å²) in [5.74, 6) is 0.308. The van der Waals surface area contributed by atoms with Crippen LogP contribution in [0.25, 0.3) is 10.6 Å². The second-order valence-electron chi connectivity index (χ2n) is 5.83. The predicted octanol–water partition coefficient (Wildman–Crippen LogP) is 1.97. The summed E-state index contributed by atoms with van der Waals surface area (Å²) in [6, 6.07) is 10.0. The third-order valence-corrected chi connectivity index (χ3v) is 5.58. The Morgan fingerprint density at radius 1 is 1.30 bits per heavy atom. The Hall–Kier alpha value is -1.51. The van der Waals surface area contributed by atoms with E-state index in [-0.39, 0.29) is 0 Å². The lowest BCUT2D eigenvalue weighted by molar-refractivity contribution is 0.410. The molecule has 0 amide bonds. The van der Waals surface area contributed by atoms with Crippen LogP contribution < -0.4 is 9.62 Å². The quantitative estimate of drug-likeness (QED) is 0.890. The molecule has 1 aromatic carbocycles. The molecule has 2 aromatic rings. The van der Waals surface area contributed by atoms with Crippen molar-refractivity contribution in [1.29, 1.82) is 0 Å². The maximum atomic E-state index is 11.2. The van der Waals surface area contributed by atoms with Crippen LogP contribution in [0.2, 0.25) is 0 Å². The van der Waals surface area contributed by atoms with Crippen molar-refractivity contribution in [3.8, 4) is 10.6 Å². The Bertz CT molecular complexity index is 746. The molecule has 1 fully saturated rings. The Kier molecular flexibility index (Phi) is 4.93. The summed E-state index contributed by atoms with van der Waals surface area (Å²) in [4.78, 5) is 2.21. The Morgan fingerprint density at radius 3 is 2.83 bits per heavy atom. The molecule has 1 aliphatic heterocycles. The number of piperidine rings is 1. The van der Waals surface area contributed by atoms with Crippen LogP contribution in [0.5, 0.6) is 0 Å². The molecule has 23 heavy (non-hydrogen) atoms. The number of rotatable bonds is 5. The molecule has 0 spiro atoms. The van der Waals surface area contributed by atoms with E-state index >= 15 is 0 Å². The summed E-state index contributed by atoms with van der Waals surface area (Å²) in [6.45, 7) is 2.24. The van der Waals surface area contributed by atoms with E-state index in [1.807, 2.05) is 30.3 Å². The zero-order chi connectivity index (χ0) is 16.3. The molecular formula is C15H20N4O2S2. The number of benzene rings is 1. The predicted molar refractivity (Wildman–Crippen MR) is 93.1 cm³/mol. The first kappa shape index (κ1) is 16.4. The van der Waals surface area contributed by atoms with Crippen molar-refractivity contribution in [2.45, 2.75) is 12.8 Å². The monoisotopic (exact) mass is 352 g/mol. The molecule has 0 bridgehead atoms. The minimum Gasteiger partial charge on any atom is -0.346 e. The molecule has 6 nitrogen and oxygen atoms in total. The van der Waals surface area contributed by atoms with Crippen LogP contribution in [-0.4, -0.2) is 44.5 Å². The molecule has 1 N–H and O–H groups in total. The van der Waals surface area contributed by atoms with Gasteiger partial charge < -0.3 is 4.90 Å². The number of hydrogen-bond donors (Lipinski definition) is 1. The van der Waals surface area contributed by atoms with E-state index in [9.17, 15) is 8.42 Å². The van der Waals surface area contributed by atoms with Gasteiger partial charge in [0.1, 0.15) is 5.01 Å². The first-order valence-corrected chi connectivity index (χ1v) is 10.3. The maximum Gasteiger partial charge on any atom is 0.208 e. The molecule has 1 saturated heterocycles.